The highest BCUT2D eigenvalue weighted by molar-refractivity contribution is 8.00. The smallest absolute Gasteiger partial charge is 0.233 e. The standard InChI is InChI=1S/C21H23N3O2S/c1-4-26-17-11-9-16(10-12-17)13-24(3)20(25)14-27-21-18-7-5-6-8-19(18)22-15(2)23-21/h5-12H,4,13-14H2,1-3H3. The fourth-order valence-corrected chi connectivity index (χ4v) is 3.73. The number of hydrogen-bond donors (Lipinski definition) is 0. The molecule has 0 atom stereocenters. The van der Waals surface area contributed by atoms with Crippen LogP contribution in [0.25, 0.3) is 10.9 Å². The Kier molecular flexibility index (Phi) is 6.29. The van der Waals surface area contributed by atoms with E-state index in [1.165, 1.54) is 11.8 Å². The molecule has 0 fully saturated rings. The molecule has 1 amide bonds. The first-order chi connectivity index (χ1) is 13.1. The van der Waals surface area contributed by atoms with Crippen molar-refractivity contribution in [3.8, 4) is 5.75 Å². The van der Waals surface area contributed by atoms with Crippen LogP contribution in [0.2, 0.25) is 0 Å². The van der Waals surface area contributed by atoms with E-state index in [9.17, 15) is 4.79 Å². The molecule has 0 radical (unpaired) electrons. The molecule has 0 bridgehead atoms. The molecule has 0 spiro atoms. The normalized spacial score (nSPS) is 10.8. The fourth-order valence-electron chi connectivity index (χ4n) is 2.73. The lowest BCUT2D eigenvalue weighted by atomic mass is 10.2. The summed E-state index contributed by atoms with van der Waals surface area (Å²) in [5.41, 5.74) is 1.98. The third kappa shape index (κ3) is 4.98. The molecule has 27 heavy (non-hydrogen) atoms. The summed E-state index contributed by atoms with van der Waals surface area (Å²) in [6, 6.07) is 15.7. The highest BCUT2D eigenvalue weighted by Gasteiger charge is 2.13. The topological polar surface area (TPSA) is 55.3 Å². The predicted molar refractivity (Wildman–Crippen MR) is 109 cm³/mol. The van der Waals surface area contributed by atoms with Gasteiger partial charge in [-0.05, 0) is 37.6 Å². The van der Waals surface area contributed by atoms with Crippen molar-refractivity contribution in [1.29, 1.82) is 0 Å². The SMILES string of the molecule is CCOc1ccc(CN(C)C(=O)CSc2nc(C)nc3ccccc23)cc1. The van der Waals surface area contributed by atoms with Crippen LogP contribution in [-0.2, 0) is 11.3 Å². The van der Waals surface area contributed by atoms with Crippen LogP contribution in [0.4, 0.5) is 0 Å². The van der Waals surface area contributed by atoms with Gasteiger partial charge < -0.3 is 9.64 Å². The lowest BCUT2D eigenvalue weighted by Gasteiger charge is -2.17. The number of thioether (sulfide) groups is 1. The highest BCUT2D eigenvalue weighted by atomic mass is 32.2. The minimum atomic E-state index is 0.0641. The van der Waals surface area contributed by atoms with Crippen molar-refractivity contribution in [3.63, 3.8) is 0 Å². The van der Waals surface area contributed by atoms with E-state index in [-0.39, 0.29) is 5.91 Å². The Balaban J connectivity index is 1.62. The molecule has 140 valence electrons. The summed E-state index contributed by atoms with van der Waals surface area (Å²) in [6.07, 6.45) is 0. The number of fused-ring (bicyclic) bond motifs is 1. The third-order valence-corrected chi connectivity index (χ3v) is 5.07. The molecule has 1 aromatic heterocycles. The number of carbonyl (C=O) groups excluding carboxylic acids is 1. The van der Waals surface area contributed by atoms with E-state index >= 15 is 0 Å². The molecular weight excluding hydrogens is 358 g/mol. The van der Waals surface area contributed by atoms with Gasteiger partial charge in [0.2, 0.25) is 5.91 Å². The number of rotatable bonds is 7. The van der Waals surface area contributed by atoms with Crippen LogP contribution in [0.1, 0.15) is 18.3 Å². The van der Waals surface area contributed by atoms with Crippen molar-refractivity contribution in [2.24, 2.45) is 0 Å². The number of hydrogen-bond acceptors (Lipinski definition) is 5. The van der Waals surface area contributed by atoms with Crippen LogP contribution in [-0.4, -0.2) is 40.2 Å². The maximum atomic E-state index is 12.5. The molecular formula is C21H23N3O2S. The van der Waals surface area contributed by atoms with Gasteiger partial charge in [0, 0.05) is 19.0 Å². The Labute approximate surface area is 163 Å². The highest BCUT2D eigenvalue weighted by Crippen LogP contribution is 2.25. The van der Waals surface area contributed by atoms with E-state index in [0.717, 1.165) is 27.2 Å². The summed E-state index contributed by atoms with van der Waals surface area (Å²) >= 11 is 1.46. The van der Waals surface area contributed by atoms with E-state index in [4.69, 9.17) is 4.74 Å². The van der Waals surface area contributed by atoms with Gasteiger partial charge >= 0.3 is 0 Å². The van der Waals surface area contributed by atoms with Crippen molar-refractivity contribution in [2.75, 3.05) is 19.4 Å². The van der Waals surface area contributed by atoms with Gasteiger partial charge in [0.05, 0.1) is 17.9 Å². The number of para-hydroxylation sites is 1. The van der Waals surface area contributed by atoms with Crippen molar-refractivity contribution >= 4 is 28.6 Å². The summed E-state index contributed by atoms with van der Waals surface area (Å²) in [7, 11) is 1.82. The zero-order valence-corrected chi connectivity index (χ0v) is 16.6. The second kappa shape index (κ2) is 8.86. The van der Waals surface area contributed by atoms with Crippen LogP contribution < -0.4 is 4.74 Å². The minimum absolute atomic E-state index is 0.0641. The van der Waals surface area contributed by atoms with Crippen LogP contribution in [0.15, 0.2) is 53.6 Å². The molecule has 1 heterocycles. The number of aryl methyl sites for hydroxylation is 1. The summed E-state index contributed by atoms with van der Waals surface area (Å²) in [5, 5.41) is 1.83. The molecule has 3 aromatic rings. The van der Waals surface area contributed by atoms with Crippen molar-refractivity contribution < 1.29 is 9.53 Å². The fraction of sp³-hybridized carbons (Fsp3) is 0.286. The van der Waals surface area contributed by atoms with E-state index < -0.39 is 0 Å². The molecule has 0 saturated carbocycles. The molecule has 0 aliphatic heterocycles. The lowest BCUT2D eigenvalue weighted by Crippen LogP contribution is -2.27. The summed E-state index contributed by atoms with van der Waals surface area (Å²) in [5.74, 6) is 1.96. The Morgan fingerprint density at radius 3 is 2.59 bits per heavy atom. The van der Waals surface area contributed by atoms with Crippen molar-refractivity contribution in [1.82, 2.24) is 14.9 Å². The van der Waals surface area contributed by atoms with Gasteiger partial charge in [0.15, 0.2) is 0 Å². The van der Waals surface area contributed by atoms with Crippen molar-refractivity contribution in [3.05, 3.63) is 59.9 Å². The molecule has 6 heteroatoms. The quantitative estimate of drug-likeness (QED) is 0.456. The molecule has 0 aliphatic rings. The summed E-state index contributed by atoms with van der Waals surface area (Å²) in [4.78, 5) is 23.2. The first-order valence-corrected chi connectivity index (χ1v) is 9.87. The molecule has 0 unspecified atom stereocenters. The largest absolute Gasteiger partial charge is 0.494 e. The van der Waals surface area contributed by atoms with Crippen LogP contribution in [0.3, 0.4) is 0 Å². The van der Waals surface area contributed by atoms with E-state index in [0.29, 0.717) is 24.7 Å². The number of benzene rings is 2. The van der Waals surface area contributed by atoms with Gasteiger partial charge in [-0.25, -0.2) is 9.97 Å². The minimum Gasteiger partial charge on any atom is -0.494 e. The Morgan fingerprint density at radius 2 is 1.85 bits per heavy atom. The number of carbonyl (C=O) groups is 1. The van der Waals surface area contributed by atoms with Gasteiger partial charge in [-0.15, -0.1) is 0 Å². The number of amides is 1. The van der Waals surface area contributed by atoms with Crippen LogP contribution in [0.5, 0.6) is 5.75 Å². The molecule has 2 aromatic carbocycles. The second-order valence-electron chi connectivity index (χ2n) is 6.21. The molecule has 0 saturated heterocycles. The molecule has 0 N–H and O–H groups in total. The molecule has 3 rings (SSSR count). The first-order valence-electron chi connectivity index (χ1n) is 8.88. The van der Waals surface area contributed by atoms with Crippen LogP contribution in [0, 0.1) is 6.92 Å². The third-order valence-electron chi connectivity index (χ3n) is 4.09. The Morgan fingerprint density at radius 1 is 1.11 bits per heavy atom. The van der Waals surface area contributed by atoms with Gasteiger partial charge in [-0.3, -0.25) is 4.79 Å². The maximum Gasteiger partial charge on any atom is 0.233 e. The summed E-state index contributed by atoms with van der Waals surface area (Å²) in [6.45, 7) is 5.04. The van der Waals surface area contributed by atoms with Crippen LogP contribution >= 0.6 is 11.8 Å². The zero-order chi connectivity index (χ0) is 19.2. The summed E-state index contributed by atoms with van der Waals surface area (Å²) < 4.78 is 5.45. The van der Waals surface area contributed by atoms with Gasteiger partial charge in [-0.1, -0.05) is 42.1 Å². The van der Waals surface area contributed by atoms with Gasteiger partial charge in [0.1, 0.15) is 16.6 Å². The number of ether oxygens (including phenoxy) is 1. The Bertz CT molecular complexity index is 928. The molecule has 0 aliphatic carbocycles. The number of nitrogens with zero attached hydrogens (tertiary/aromatic N) is 3. The average Bonchev–Trinajstić information content (AvgIpc) is 2.67. The zero-order valence-electron chi connectivity index (χ0n) is 15.8. The van der Waals surface area contributed by atoms with E-state index in [2.05, 4.69) is 9.97 Å². The average molecular weight is 382 g/mol. The predicted octanol–water partition coefficient (Wildman–Crippen LogP) is 4.09. The van der Waals surface area contributed by atoms with Gasteiger partial charge in [-0.2, -0.15) is 0 Å². The number of aromatic nitrogens is 2. The first kappa shape index (κ1) is 19.2. The molecule has 5 nitrogen and oxygen atoms in total. The lowest BCUT2D eigenvalue weighted by molar-refractivity contribution is -0.127. The van der Waals surface area contributed by atoms with E-state index in [1.807, 2.05) is 69.4 Å². The maximum absolute atomic E-state index is 12.5. The Hall–Kier alpha value is -2.60. The van der Waals surface area contributed by atoms with Gasteiger partial charge in [0.25, 0.3) is 0 Å². The van der Waals surface area contributed by atoms with E-state index in [1.54, 1.807) is 4.90 Å². The monoisotopic (exact) mass is 381 g/mol. The second-order valence-corrected chi connectivity index (χ2v) is 7.17. The van der Waals surface area contributed by atoms with Crippen molar-refractivity contribution in [2.45, 2.75) is 25.4 Å².